The summed E-state index contributed by atoms with van der Waals surface area (Å²) in [6.07, 6.45) is 6.48. The fraction of sp³-hybridized carbons (Fsp3) is 0.222. The van der Waals surface area contributed by atoms with Gasteiger partial charge in [0.15, 0.2) is 23.0 Å². The lowest BCUT2D eigenvalue weighted by molar-refractivity contribution is -0.365. The monoisotopic (exact) mass is 812 g/mol. The van der Waals surface area contributed by atoms with Crippen LogP contribution in [0.4, 0.5) is 23.5 Å². The molecule has 4 rings (SSSR count). The number of carboxylic acids is 4. The number of H-pyrrole nitrogens is 2. The number of benzene rings is 2. The highest BCUT2D eigenvalue weighted by Crippen LogP contribution is 2.40. The van der Waals surface area contributed by atoms with Crippen LogP contribution in [0.1, 0.15) is 22.3 Å². The molecule has 0 aliphatic rings. The summed E-state index contributed by atoms with van der Waals surface area (Å²) in [7, 11) is 9.44. The van der Waals surface area contributed by atoms with Crippen molar-refractivity contribution in [2.24, 2.45) is 0 Å². The highest BCUT2D eigenvalue weighted by molar-refractivity contribution is 5.89. The van der Waals surface area contributed by atoms with Crippen LogP contribution in [0.2, 0.25) is 0 Å². The molecule has 0 aliphatic heterocycles. The number of aromatic amines is 2. The third kappa shape index (κ3) is 16.5. The van der Waals surface area contributed by atoms with Gasteiger partial charge in [-0.2, -0.15) is 0 Å². The van der Waals surface area contributed by atoms with E-state index in [0.29, 0.717) is 83.3 Å². The average Bonchev–Trinajstić information content (AvgIpc) is 3.18. The quantitative estimate of drug-likeness (QED) is 0.0758. The Balaban J connectivity index is 0.000000426. The Bertz CT molecular complexity index is 1860. The number of aromatic nitrogens is 4. The number of nitrogens with one attached hydrogen (secondary N) is 2. The van der Waals surface area contributed by atoms with Gasteiger partial charge in [0.2, 0.25) is 23.1 Å². The maximum absolute atomic E-state index is 9.53. The van der Waals surface area contributed by atoms with Crippen molar-refractivity contribution in [3.63, 3.8) is 0 Å². The summed E-state index contributed by atoms with van der Waals surface area (Å²) in [4.78, 5) is 51.6. The predicted octanol–water partition coefficient (Wildman–Crippen LogP) is -1.89. The van der Waals surface area contributed by atoms with Crippen LogP contribution in [-0.4, -0.2) is 86.7 Å². The summed E-state index contributed by atoms with van der Waals surface area (Å²) in [5.74, 6) is -0.783. The van der Waals surface area contributed by atoms with E-state index in [1.165, 1.54) is 0 Å². The van der Waals surface area contributed by atoms with Crippen LogP contribution in [-0.2, 0) is 32.0 Å². The fourth-order valence-electron chi connectivity index (χ4n) is 4.41. The highest BCUT2D eigenvalue weighted by atomic mass is 16.5. The number of rotatable bonds is 14. The summed E-state index contributed by atoms with van der Waals surface area (Å²) in [6, 6.07) is 7.49. The molecule has 0 bridgehead atoms. The van der Waals surface area contributed by atoms with E-state index >= 15 is 0 Å². The minimum Gasteiger partial charge on any atom is -0.545 e. The average molecular weight is 813 g/mol. The first kappa shape index (κ1) is 48.0. The second kappa shape index (κ2) is 24.4. The second-order valence-corrected chi connectivity index (χ2v) is 10.8. The first-order valence-corrected chi connectivity index (χ1v) is 16.1. The van der Waals surface area contributed by atoms with E-state index in [1.54, 1.807) is 55.1 Å². The number of carbonyl (C=O) groups is 4. The minimum atomic E-state index is -1.51. The van der Waals surface area contributed by atoms with Gasteiger partial charge >= 0.3 is 23.8 Å². The Hall–Kier alpha value is -8.04. The van der Waals surface area contributed by atoms with E-state index in [1.807, 2.05) is 24.3 Å². The number of aliphatic carboxylic acids is 4. The molecule has 0 saturated heterocycles. The molecule has 22 heteroatoms. The van der Waals surface area contributed by atoms with Crippen LogP contribution in [0.5, 0.6) is 34.5 Å². The summed E-state index contributed by atoms with van der Waals surface area (Å²) < 4.78 is 31.9. The van der Waals surface area contributed by atoms with Gasteiger partial charge in [0, 0.05) is 36.1 Å². The van der Waals surface area contributed by atoms with Crippen LogP contribution >= 0.6 is 0 Å². The standard InChI is InChI=1S/2C14H18N4O3.2C4H4O4/c2*1-19-10-5-8(6-11(20-2)12(10)21-3)4-9-7-17-14(16)18-13(9)15;2*5-3(6)1-2-4(7)8/h2*5-7H,4H2,1-3H3,(H4,15,16,17,18);2*1-2H,(H,5,6)(H,7,8)/b;;2*2-1+. The zero-order valence-electron chi connectivity index (χ0n) is 32.2. The van der Waals surface area contributed by atoms with Crippen molar-refractivity contribution < 1.29 is 78.0 Å². The van der Waals surface area contributed by atoms with Gasteiger partial charge in [-0.25, -0.2) is 19.6 Å². The van der Waals surface area contributed by atoms with E-state index in [9.17, 15) is 29.4 Å². The zero-order chi connectivity index (χ0) is 43.9. The van der Waals surface area contributed by atoms with Gasteiger partial charge in [-0.05, 0) is 47.5 Å². The molecule has 0 fully saturated rings. The minimum absolute atomic E-state index is 0.279. The van der Waals surface area contributed by atoms with Crippen LogP contribution in [0.25, 0.3) is 0 Å². The van der Waals surface area contributed by atoms with Crippen LogP contribution in [0.15, 0.2) is 61.0 Å². The number of carbonyl (C=O) groups excluding carboxylic acids is 2. The summed E-state index contributed by atoms with van der Waals surface area (Å²) in [5, 5.41) is 34.5. The Kier molecular flexibility index (Phi) is 20.2. The van der Waals surface area contributed by atoms with Crippen molar-refractivity contribution in [1.29, 1.82) is 0 Å². The van der Waals surface area contributed by atoms with Crippen molar-refractivity contribution in [2.75, 3.05) is 65.6 Å². The van der Waals surface area contributed by atoms with Gasteiger partial charge in [-0.3, -0.25) is 11.5 Å². The topological polar surface area (TPSA) is 368 Å². The van der Waals surface area contributed by atoms with E-state index in [4.69, 9.17) is 61.6 Å². The molecule has 12 N–H and O–H groups in total. The summed E-state index contributed by atoms with van der Waals surface area (Å²) in [5.41, 5.74) is 26.4. The number of nitrogens with two attached hydrogens (primary N) is 4. The second-order valence-electron chi connectivity index (χ2n) is 10.8. The largest absolute Gasteiger partial charge is 0.545 e. The molecule has 2 heterocycles. The molecule has 0 saturated carbocycles. The maximum Gasteiger partial charge on any atom is 0.388 e. The van der Waals surface area contributed by atoms with Gasteiger partial charge in [-0.1, -0.05) is 9.97 Å². The molecule has 0 amide bonds. The molecule has 0 aliphatic carbocycles. The van der Waals surface area contributed by atoms with Gasteiger partial charge in [0.05, 0.1) is 67.0 Å². The molecule has 4 aromatic rings. The number of nitrogen functional groups attached to an aromatic ring is 4. The lowest BCUT2D eigenvalue weighted by Crippen LogP contribution is -2.19. The van der Waals surface area contributed by atoms with Crippen LogP contribution < -0.4 is 71.5 Å². The number of hydrogen-bond acceptors (Lipinski definition) is 18. The highest BCUT2D eigenvalue weighted by Gasteiger charge is 2.17. The van der Waals surface area contributed by atoms with Crippen molar-refractivity contribution in [1.82, 2.24) is 9.97 Å². The van der Waals surface area contributed by atoms with E-state index in [-0.39, 0.29) is 11.9 Å². The number of nitrogens with zero attached hydrogens (tertiary/aromatic N) is 2. The predicted molar refractivity (Wildman–Crippen MR) is 201 cm³/mol. The summed E-state index contributed by atoms with van der Waals surface area (Å²) in [6.45, 7) is 0. The molecule has 0 spiro atoms. The van der Waals surface area contributed by atoms with Crippen LogP contribution in [0, 0.1) is 0 Å². The Morgan fingerprint density at radius 2 is 0.862 bits per heavy atom. The number of hydrogen-bond donors (Lipinski definition) is 6. The number of carboxylic acid groups (broad SMARTS) is 4. The number of ether oxygens (including phenoxy) is 6. The molecule has 0 atom stereocenters. The smallest absolute Gasteiger partial charge is 0.388 e. The SMILES string of the molecule is COc1cc(Cc2c[nH+]c(N)nc2N)cc(OC)c1OC.COc1cc(Cc2c[nH+]c(N)nc2N)cc(OC)c1OC.O=C([O-])/C=C/C(=O)O.O=C([O-])/C=C/C(=O)O. The first-order chi connectivity index (χ1) is 27.4. The third-order valence-corrected chi connectivity index (χ3v) is 6.89. The van der Waals surface area contributed by atoms with Crippen molar-refractivity contribution in [3.8, 4) is 34.5 Å². The lowest BCUT2D eigenvalue weighted by Gasteiger charge is -2.14. The van der Waals surface area contributed by atoms with E-state index in [0.717, 1.165) is 22.3 Å². The zero-order valence-corrected chi connectivity index (χ0v) is 32.2. The fourth-order valence-corrected chi connectivity index (χ4v) is 4.41. The Morgan fingerprint density at radius 3 is 1.05 bits per heavy atom. The number of methoxy groups -OCH3 is 6. The van der Waals surface area contributed by atoms with Gasteiger partial charge < -0.3 is 69.9 Å². The van der Waals surface area contributed by atoms with E-state index < -0.39 is 23.9 Å². The van der Waals surface area contributed by atoms with Crippen molar-refractivity contribution in [2.45, 2.75) is 12.8 Å². The number of anilines is 4. The molecule has 58 heavy (non-hydrogen) atoms. The lowest BCUT2D eigenvalue weighted by atomic mass is 10.1. The Labute approximate surface area is 331 Å². The Morgan fingerprint density at radius 1 is 0.569 bits per heavy atom. The normalized spacial score (nSPS) is 10.0. The van der Waals surface area contributed by atoms with Crippen molar-refractivity contribution >= 4 is 47.4 Å². The van der Waals surface area contributed by atoms with E-state index in [2.05, 4.69) is 19.9 Å². The molecule has 312 valence electrons. The van der Waals surface area contributed by atoms with Crippen LogP contribution in [0.3, 0.4) is 0 Å². The van der Waals surface area contributed by atoms with Gasteiger partial charge in [0.1, 0.15) is 0 Å². The summed E-state index contributed by atoms with van der Waals surface area (Å²) >= 11 is 0. The molecule has 0 unspecified atom stereocenters. The first-order valence-electron chi connectivity index (χ1n) is 16.1. The molecule has 2 aromatic carbocycles. The maximum atomic E-state index is 9.53. The molecule has 22 nitrogen and oxygen atoms in total. The molecule has 2 aromatic heterocycles. The van der Waals surface area contributed by atoms with Gasteiger partial charge in [-0.15, -0.1) is 0 Å². The van der Waals surface area contributed by atoms with Gasteiger partial charge in [0.25, 0.3) is 0 Å². The molecular formula is C36H44N8O14. The molecule has 0 radical (unpaired) electrons. The van der Waals surface area contributed by atoms with Crippen molar-refractivity contribution in [3.05, 3.63) is 83.2 Å². The molecular weight excluding hydrogens is 768 g/mol. The third-order valence-electron chi connectivity index (χ3n) is 6.89.